The SMILES string of the molecule is CCC1=CC(=O)c2c(cccc2OCC(O)COc2cccc3c2C(=O)C=C(C(=O)O)C3)C1. The van der Waals surface area contributed by atoms with Gasteiger partial charge in [0.05, 0.1) is 11.1 Å². The number of allylic oxidation sites excluding steroid dienone is 3. The van der Waals surface area contributed by atoms with Gasteiger partial charge in [-0.25, -0.2) is 4.79 Å². The van der Waals surface area contributed by atoms with Crippen LogP contribution in [0.3, 0.4) is 0 Å². The molecule has 0 aliphatic heterocycles. The van der Waals surface area contributed by atoms with Crippen LogP contribution in [-0.2, 0) is 17.6 Å². The predicted octanol–water partition coefficient (Wildman–Crippen LogP) is 3.33. The Labute approximate surface area is 191 Å². The van der Waals surface area contributed by atoms with Crippen molar-refractivity contribution < 1.29 is 34.1 Å². The number of ether oxygens (including phenoxy) is 2. The van der Waals surface area contributed by atoms with Crippen molar-refractivity contribution in [1.29, 1.82) is 0 Å². The van der Waals surface area contributed by atoms with Crippen LogP contribution in [0.15, 0.2) is 59.7 Å². The molecule has 2 N–H and O–H groups in total. The lowest BCUT2D eigenvalue weighted by atomic mass is 9.89. The van der Waals surface area contributed by atoms with Gasteiger partial charge in [0.25, 0.3) is 0 Å². The first-order chi connectivity index (χ1) is 15.9. The van der Waals surface area contributed by atoms with Gasteiger partial charge < -0.3 is 19.7 Å². The van der Waals surface area contributed by atoms with E-state index in [1.54, 1.807) is 30.3 Å². The number of fused-ring (bicyclic) bond motifs is 2. The molecule has 7 nitrogen and oxygen atoms in total. The first kappa shape index (κ1) is 22.5. The summed E-state index contributed by atoms with van der Waals surface area (Å²) in [4.78, 5) is 36.2. The summed E-state index contributed by atoms with van der Waals surface area (Å²) in [6.45, 7) is 1.78. The largest absolute Gasteiger partial charge is 0.490 e. The number of benzene rings is 2. The summed E-state index contributed by atoms with van der Waals surface area (Å²) < 4.78 is 11.4. The topological polar surface area (TPSA) is 110 Å². The zero-order chi connectivity index (χ0) is 23.5. The number of rotatable bonds is 8. The maximum Gasteiger partial charge on any atom is 0.332 e. The van der Waals surface area contributed by atoms with Gasteiger partial charge >= 0.3 is 5.97 Å². The average molecular weight is 448 g/mol. The van der Waals surface area contributed by atoms with E-state index in [4.69, 9.17) is 9.47 Å². The number of ketones is 2. The molecule has 2 aliphatic rings. The molecule has 1 unspecified atom stereocenters. The summed E-state index contributed by atoms with van der Waals surface area (Å²) in [5.74, 6) is -0.972. The van der Waals surface area contributed by atoms with Crippen molar-refractivity contribution in [2.45, 2.75) is 32.3 Å². The molecule has 0 saturated carbocycles. The minimum atomic E-state index is -1.13. The summed E-state index contributed by atoms with van der Waals surface area (Å²) >= 11 is 0. The van der Waals surface area contributed by atoms with Crippen LogP contribution in [0.1, 0.15) is 45.2 Å². The number of hydrogen-bond donors (Lipinski definition) is 2. The molecule has 7 heteroatoms. The van der Waals surface area contributed by atoms with E-state index in [0.29, 0.717) is 28.9 Å². The Bertz CT molecular complexity index is 1190. The van der Waals surface area contributed by atoms with Crippen LogP contribution < -0.4 is 9.47 Å². The van der Waals surface area contributed by atoms with E-state index in [2.05, 4.69) is 0 Å². The lowest BCUT2D eigenvalue weighted by molar-refractivity contribution is -0.132. The molecule has 0 heterocycles. The molecule has 0 radical (unpaired) electrons. The average Bonchev–Trinajstić information content (AvgIpc) is 2.80. The van der Waals surface area contributed by atoms with Crippen LogP contribution >= 0.6 is 0 Å². The lowest BCUT2D eigenvalue weighted by Crippen LogP contribution is -2.26. The van der Waals surface area contributed by atoms with Crippen molar-refractivity contribution in [2.24, 2.45) is 0 Å². The Morgan fingerprint density at radius 2 is 1.45 bits per heavy atom. The van der Waals surface area contributed by atoms with E-state index < -0.39 is 17.9 Å². The van der Waals surface area contributed by atoms with Crippen molar-refractivity contribution in [3.63, 3.8) is 0 Å². The fourth-order valence-corrected chi connectivity index (χ4v) is 4.07. The molecule has 170 valence electrons. The maximum absolute atomic E-state index is 12.5. The minimum absolute atomic E-state index is 0.0275. The first-order valence-corrected chi connectivity index (χ1v) is 10.8. The van der Waals surface area contributed by atoms with Gasteiger partial charge in [0.1, 0.15) is 30.8 Å². The molecule has 0 spiro atoms. The van der Waals surface area contributed by atoms with Crippen LogP contribution in [0.2, 0.25) is 0 Å². The van der Waals surface area contributed by atoms with Crippen molar-refractivity contribution in [1.82, 2.24) is 0 Å². The van der Waals surface area contributed by atoms with Crippen LogP contribution in [-0.4, -0.2) is 47.1 Å². The van der Waals surface area contributed by atoms with Gasteiger partial charge in [0, 0.05) is 12.0 Å². The Kier molecular flexibility index (Phi) is 6.42. The minimum Gasteiger partial charge on any atom is -0.490 e. The molecule has 2 aliphatic carbocycles. The molecular weight excluding hydrogens is 424 g/mol. The summed E-state index contributed by atoms with van der Waals surface area (Å²) in [6.07, 6.45) is 3.37. The van der Waals surface area contributed by atoms with Crippen molar-refractivity contribution in [2.75, 3.05) is 13.2 Å². The van der Waals surface area contributed by atoms with E-state index in [1.807, 2.05) is 19.1 Å². The van der Waals surface area contributed by atoms with Crippen LogP contribution in [0.25, 0.3) is 0 Å². The fourth-order valence-electron chi connectivity index (χ4n) is 4.07. The van der Waals surface area contributed by atoms with E-state index in [9.17, 15) is 24.6 Å². The number of hydrogen-bond acceptors (Lipinski definition) is 6. The number of carbonyl (C=O) groups is 3. The zero-order valence-corrected chi connectivity index (χ0v) is 18.2. The highest BCUT2D eigenvalue weighted by Gasteiger charge is 2.25. The monoisotopic (exact) mass is 448 g/mol. The Morgan fingerprint density at radius 3 is 2.00 bits per heavy atom. The van der Waals surface area contributed by atoms with Crippen LogP contribution in [0.4, 0.5) is 0 Å². The molecule has 0 amide bonds. The third kappa shape index (κ3) is 4.73. The molecule has 0 bridgehead atoms. The van der Waals surface area contributed by atoms with Crippen molar-refractivity contribution in [3.8, 4) is 11.5 Å². The fraction of sp³-hybridized carbons (Fsp3) is 0.269. The van der Waals surface area contributed by atoms with E-state index in [0.717, 1.165) is 23.6 Å². The van der Waals surface area contributed by atoms with Crippen LogP contribution in [0.5, 0.6) is 11.5 Å². The standard InChI is InChI=1S/C26H24O7/c1-2-15-9-16-5-3-7-22(24(16)20(28)10-15)32-13-19(27)14-33-23-8-4-6-17-11-18(26(30)31)12-21(29)25(17)23/h3-8,10,12,19,27H,2,9,11,13-14H2,1H3,(H,30,31). The van der Waals surface area contributed by atoms with Gasteiger partial charge in [-0.3, -0.25) is 9.59 Å². The Balaban J connectivity index is 1.40. The van der Waals surface area contributed by atoms with E-state index >= 15 is 0 Å². The maximum atomic E-state index is 12.5. The molecular formula is C26H24O7. The molecule has 0 fully saturated rings. The van der Waals surface area contributed by atoms with Gasteiger partial charge in [0.15, 0.2) is 11.6 Å². The smallest absolute Gasteiger partial charge is 0.332 e. The van der Waals surface area contributed by atoms with Gasteiger partial charge in [0.2, 0.25) is 0 Å². The first-order valence-electron chi connectivity index (χ1n) is 10.8. The van der Waals surface area contributed by atoms with Gasteiger partial charge in [-0.1, -0.05) is 36.8 Å². The molecule has 4 rings (SSSR count). The molecule has 2 aromatic rings. The highest BCUT2D eigenvalue weighted by molar-refractivity contribution is 6.13. The number of carboxylic acids is 1. The highest BCUT2D eigenvalue weighted by Crippen LogP contribution is 2.31. The van der Waals surface area contributed by atoms with E-state index in [-0.39, 0.29) is 36.7 Å². The van der Waals surface area contributed by atoms with Gasteiger partial charge in [-0.05, 0) is 48.3 Å². The number of aliphatic hydroxyl groups is 1. The van der Waals surface area contributed by atoms with Crippen LogP contribution in [0, 0.1) is 0 Å². The summed E-state index contributed by atoms with van der Waals surface area (Å²) in [6, 6.07) is 10.4. The molecule has 0 aromatic heterocycles. The molecule has 33 heavy (non-hydrogen) atoms. The second kappa shape index (κ2) is 9.42. The summed E-state index contributed by atoms with van der Waals surface area (Å²) in [5.41, 5.74) is 3.40. The molecule has 1 atom stereocenters. The van der Waals surface area contributed by atoms with Gasteiger partial charge in [-0.2, -0.15) is 0 Å². The molecule has 2 aromatic carbocycles. The summed E-state index contributed by atoms with van der Waals surface area (Å²) in [7, 11) is 0. The number of carboxylic acid groups (broad SMARTS) is 1. The number of carbonyl (C=O) groups excluding carboxylic acids is 2. The Hall–Kier alpha value is -3.71. The highest BCUT2D eigenvalue weighted by atomic mass is 16.5. The Morgan fingerprint density at radius 1 is 0.909 bits per heavy atom. The number of aliphatic carboxylic acids is 1. The third-order valence-corrected chi connectivity index (χ3v) is 5.75. The quantitative estimate of drug-likeness (QED) is 0.637. The zero-order valence-electron chi connectivity index (χ0n) is 18.2. The van der Waals surface area contributed by atoms with Crippen molar-refractivity contribution in [3.05, 3.63) is 82.0 Å². The third-order valence-electron chi connectivity index (χ3n) is 5.75. The second-order valence-electron chi connectivity index (χ2n) is 8.07. The lowest BCUT2D eigenvalue weighted by Gasteiger charge is -2.21. The van der Waals surface area contributed by atoms with Gasteiger partial charge in [-0.15, -0.1) is 0 Å². The summed E-state index contributed by atoms with van der Waals surface area (Å²) in [5, 5.41) is 19.6. The molecule has 0 saturated heterocycles. The second-order valence-corrected chi connectivity index (χ2v) is 8.07. The van der Waals surface area contributed by atoms with Crippen molar-refractivity contribution >= 4 is 17.5 Å². The predicted molar refractivity (Wildman–Crippen MR) is 120 cm³/mol. The van der Waals surface area contributed by atoms with E-state index in [1.165, 1.54) is 0 Å². The number of aliphatic hydroxyl groups excluding tert-OH is 1. The normalized spacial score (nSPS) is 15.7.